The molecule has 1 rings (SSSR count). The summed E-state index contributed by atoms with van der Waals surface area (Å²) in [5.74, 6) is 0.214. The molecule has 106 valence electrons. The van der Waals surface area contributed by atoms with Crippen LogP contribution in [0.4, 0.5) is 0 Å². The number of nitrogens with zero attached hydrogens (tertiary/aromatic N) is 1. The van der Waals surface area contributed by atoms with Gasteiger partial charge in [0, 0.05) is 19.0 Å². The average molecular weight is 265 g/mol. The van der Waals surface area contributed by atoms with E-state index in [1.54, 1.807) is 0 Å². The number of oxime groups is 1. The molecule has 0 bridgehead atoms. The summed E-state index contributed by atoms with van der Waals surface area (Å²) in [7, 11) is 0. The minimum absolute atomic E-state index is 0.0212. The summed E-state index contributed by atoms with van der Waals surface area (Å²) in [6.07, 6.45) is 0.684. The second-order valence-corrected chi connectivity index (χ2v) is 4.63. The van der Waals surface area contributed by atoms with Crippen molar-refractivity contribution in [2.24, 2.45) is 10.9 Å². The third-order valence-corrected chi connectivity index (χ3v) is 2.69. The summed E-state index contributed by atoms with van der Waals surface area (Å²) in [5, 5.41) is 15.1. The van der Waals surface area contributed by atoms with Crippen LogP contribution in [0.5, 0.6) is 0 Å². The average Bonchev–Trinajstić information content (AvgIpc) is 2.42. The molecule has 0 amide bonds. The van der Waals surface area contributed by atoms with Crippen molar-refractivity contribution in [2.45, 2.75) is 32.4 Å². The van der Waals surface area contributed by atoms with E-state index in [9.17, 15) is 0 Å². The van der Waals surface area contributed by atoms with Crippen LogP contribution in [0.1, 0.15) is 31.9 Å². The quantitative estimate of drug-likeness (QED) is 0.220. The Hall–Kier alpha value is -1.59. The molecule has 0 saturated heterocycles. The lowest BCUT2D eigenvalue weighted by atomic mass is 10.0. The van der Waals surface area contributed by atoms with E-state index in [2.05, 4.69) is 10.5 Å². The minimum Gasteiger partial charge on any atom is -0.409 e. The first-order chi connectivity index (χ1) is 9.13. The van der Waals surface area contributed by atoms with Gasteiger partial charge in [0.2, 0.25) is 0 Å². The number of nitrogens with one attached hydrogen (secondary N) is 1. The number of rotatable bonds is 8. The maximum Gasteiger partial charge on any atom is 0.141 e. The summed E-state index contributed by atoms with van der Waals surface area (Å²) in [4.78, 5) is 0. The summed E-state index contributed by atoms with van der Waals surface area (Å²) in [6.45, 7) is 5.36. The number of hydrogen-bond acceptors (Lipinski definition) is 4. The molecule has 0 saturated carbocycles. The van der Waals surface area contributed by atoms with Crippen molar-refractivity contribution in [3.63, 3.8) is 0 Å². The molecule has 5 heteroatoms. The molecule has 19 heavy (non-hydrogen) atoms. The molecular formula is C14H23N3O2. The molecule has 0 aliphatic rings. The van der Waals surface area contributed by atoms with Crippen molar-refractivity contribution in [1.29, 1.82) is 0 Å². The lowest BCUT2D eigenvalue weighted by molar-refractivity contribution is 0.0794. The van der Waals surface area contributed by atoms with Crippen molar-refractivity contribution in [3.05, 3.63) is 35.9 Å². The third-order valence-electron chi connectivity index (χ3n) is 2.69. The molecule has 0 aromatic heterocycles. The Morgan fingerprint density at radius 3 is 2.63 bits per heavy atom. The highest BCUT2D eigenvalue weighted by molar-refractivity contribution is 5.80. The highest BCUT2D eigenvalue weighted by Gasteiger charge is 2.12. The standard InChI is InChI=1S/C14H23N3O2/c1-11(2)19-9-8-16-13(10-14(15)17-18)12-6-4-3-5-7-12/h3-7,11,13,16,18H,8-10H2,1-2H3,(H2,15,17). The van der Waals surface area contributed by atoms with Gasteiger partial charge in [-0.1, -0.05) is 35.5 Å². The Bertz CT molecular complexity index is 380. The largest absolute Gasteiger partial charge is 0.409 e. The van der Waals surface area contributed by atoms with Crippen LogP contribution in [0.3, 0.4) is 0 Å². The summed E-state index contributed by atoms with van der Waals surface area (Å²) >= 11 is 0. The van der Waals surface area contributed by atoms with Crippen LogP contribution in [0.2, 0.25) is 0 Å². The van der Waals surface area contributed by atoms with Gasteiger partial charge in [0.05, 0.1) is 12.7 Å². The minimum atomic E-state index is 0.0212. The predicted octanol–water partition coefficient (Wildman–Crippen LogP) is 1.88. The number of nitrogens with two attached hydrogens (primary N) is 1. The molecule has 4 N–H and O–H groups in total. The second-order valence-electron chi connectivity index (χ2n) is 4.63. The van der Waals surface area contributed by atoms with Crippen LogP contribution in [-0.2, 0) is 4.74 Å². The molecule has 0 aliphatic heterocycles. The first-order valence-corrected chi connectivity index (χ1v) is 6.49. The van der Waals surface area contributed by atoms with Crippen molar-refractivity contribution < 1.29 is 9.94 Å². The third kappa shape index (κ3) is 6.22. The Kier molecular flexibility index (Phi) is 6.92. The summed E-state index contributed by atoms with van der Waals surface area (Å²) in [5.41, 5.74) is 6.70. The summed E-state index contributed by atoms with van der Waals surface area (Å²) < 4.78 is 5.49. The first kappa shape index (κ1) is 15.5. The maximum atomic E-state index is 8.69. The van der Waals surface area contributed by atoms with Gasteiger partial charge < -0.3 is 21.0 Å². The fraction of sp³-hybridized carbons (Fsp3) is 0.500. The van der Waals surface area contributed by atoms with E-state index in [4.69, 9.17) is 15.7 Å². The Morgan fingerprint density at radius 2 is 2.05 bits per heavy atom. The molecule has 1 aromatic rings. The lowest BCUT2D eigenvalue weighted by Crippen LogP contribution is -2.30. The fourth-order valence-corrected chi connectivity index (χ4v) is 1.77. The predicted molar refractivity (Wildman–Crippen MR) is 76.3 cm³/mol. The Labute approximate surface area is 114 Å². The van der Waals surface area contributed by atoms with Crippen LogP contribution in [0.15, 0.2) is 35.5 Å². The number of hydrogen-bond donors (Lipinski definition) is 3. The van der Waals surface area contributed by atoms with Gasteiger partial charge in [0.1, 0.15) is 5.84 Å². The normalized spacial score (nSPS) is 13.7. The van der Waals surface area contributed by atoms with Crippen LogP contribution in [-0.4, -0.2) is 30.3 Å². The molecule has 0 spiro atoms. The van der Waals surface area contributed by atoms with Crippen molar-refractivity contribution in [3.8, 4) is 0 Å². The zero-order valence-corrected chi connectivity index (χ0v) is 11.5. The molecule has 0 heterocycles. The van der Waals surface area contributed by atoms with Gasteiger partial charge in [-0.3, -0.25) is 0 Å². The Morgan fingerprint density at radius 1 is 1.37 bits per heavy atom. The van der Waals surface area contributed by atoms with E-state index >= 15 is 0 Å². The molecule has 1 atom stereocenters. The number of ether oxygens (including phenoxy) is 1. The fourth-order valence-electron chi connectivity index (χ4n) is 1.77. The van der Waals surface area contributed by atoms with Gasteiger partial charge in [0.25, 0.3) is 0 Å². The maximum absolute atomic E-state index is 8.69. The zero-order chi connectivity index (χ0) is 14.1. The van der Waals surface area contributed by atoms with Crippen LogP contribution in [0, 0.1) is 0 Å². The lowest BCUT2D eigenvalue weighted by Gasteiger charge is -2.19. The Balaban J connectivity index is 2.55. The second kappa shape index (κ2) is 8.50. The van der Waals surface area contributed by atoms with E-state index in [1.807, 2.05) is 44.2 Å². The van der Waals surface area contributed by atoms with Crippen LogP contribution in [0.25, 0.3) is 0 Å². The molecule has 0 aliphatic carbocycles. The zero-order valence-electron chi connectivity index (χ0n) is 11.5. The smallest absolute Gasteiger partial charge is 0.141 e. The summed E-state index contributed by atoms with van der Waals surface area (Å²) in [6, 6.07) is 9.97. The SMILES string of the molecule is CC(C)OCCNC(C/C(N)=N/O)c1ccccc1. The van der Waals surface area contributed by atoms with Gasteiger partial charge in [-0.05, 0) is 19.4 Å². The number of amidine groups is 1. The monoisotopic (exact) mass is 265 g/mol. The first-order valence-electron chi connectivity index (χ1n) is 6.49. The van der Waals surface area contributed by atoms with E-state index in [0.717, 1.165) is 12.1 Å². The molecule has 1 aromatic carbocycles. The van der Waals surface area contributed by atoms with Gasteiger partial charge >= 0.3 is 0 Å². The van der Waals surface area contributed by atoms with Gasteiger partial charge in [-0.2, -0.15) is 0 Å². The topological polar surface area (TPSA) is 79.9 Å². The van der Waals surface area contributed by atoms with E-state index < -0.39 is 0 Å². The van der Waals surface area contributed by atoms with Crippen LogP contribution < -0.4 is 11.1 Å². The van der Waals surface area contributed by atoms with Crippen molar-refractivity contribution in [2.75, 3.05) is 13.2 Å². The van der Waals surface area contributed by atoms with E-state index in [0.29, 0.717) is 13.0 Å². The molecule has 1 unspecified atom stereocenters. The highest BCUT2D eigenvalue weighted by atomic mass is 16.5. The molecule has 5 nitrogen and oxygen atoms in total. The van der Waals surface area contributed by atoms with Crippen LogP contribution >= 0.6 is 0 Å². The van der Waals surface area contributed by atoms with E-state index in [1.165, 1.54) is 0 Å². The van der Waals surface area contributed by atoms with E-state index in [-0.39, 0.29) is 18.0 Å². The van der Waals surface area contributed by atoms with Gasteiger partial charge in [0.15, 0.2) is 0 Å². The van der Waals surface area contributed by atoms with Crippen molar-refractivity contribution >= 4 is 5.84 Å². The number of benzene rings is 1. The van der Waals surface area contributed by atoms with Crippen molar-refractivity contribution in [1.82, 2.24) is 5.32 Å². The van der Waals surface area contributed by atoms with Gasteiger partial charge in [-0.25, -0.2) is 0 Å². The molecule has 0 fully saturated rings. The molecule has 0 radical (unpaired) electrons. The molecular weight excluding hydrogens is 242 g/mol. The highest BCUT2D eigenvalue weighted by Crippen LogP contribution is 2.16. The van der Waals surface area contributed by atoms with Gasteiger partial charge in [-0.15, -0.1) is 0 Å².